The topological polar surface area (TPSA) is 32.6 Å². The van der Waals surface area contributed by atoms with E-state index in [1.54, 1.807) is 0 Å². The van der Waals surface area contributed by atoms with Gasteiger partial charge >= 0.3 is 0 Å². The minimum absolute atomic E-state index is 0.696. The van der Waals surface area contributed by atoms with Crippen molar-refractivity contribution in [2.24, 2.45) is 11.1 Å². The highest BCUT2D eigenvalue weighted by Crippen LogP contribution is 2.03. The second kappa shape index (κ2) is 4.36. The van der Waals surface area contributed by atoms with Gasteiger partial charge in [0.15, 0.2) is 0 Å². The van der Waals surface area contributed by atoms with Gasteiger partial charge in [0.1, 0.15) is 0 Å². The van der Waals surface area contributed by atoms with Gasteiger partial charge < -0.3 is 5.21 Å². The first kappa shape index (κ1) is 8.47. The fourth-order valence-corrected chi connectivity index (χ4v) is 0.548. The van der Waals surface area contributed by atoms with Crippen LogP contribution in [0.1, 0.15) is 33.6 Å². The Kier molecular flexibility index (Phi) is 4.10. The lowest BCUT2D eigenvalue weighted by atomic mass is 10.1. The summed E-state index contributed by atoms with van der Waals surface area (Å²) >= 11 is 0. The average molecular weight is 129 g/mol. The van der Waals surface area contributed by atoms with Crippen LogP contribution < -0.4 is 0 Å². The Morgan fingerprint density at radius 2 is 2.11 bits per heavy atom. The van der Waals surface area contributed by atoms with E-state index in [1.165, 1.54) is 0 Å². The van der Waals surface area contributed by atoms with E-state index in [9.17, 15) is 0 Å². The molecule has 0 amide bonds. The van der Waals surface area contributed by atoms with Gasteiger partial charge in [-0.2, -0.15) is 0 Å². The molecular formula is C7H15NO. The zero-order valence-electron chi connectivity index (χ0n) is 6.39. The molecule has 0 atom stereocenters. The molecule has 2 heteroatoms. The molecule has 0 aromatic heterocycles. The molecule has 0 aliphatic heterocycles. The Balaban J connectivity index is 3.28. The molecule has 54 valence electrons. The highest BCUT2D eigenvalue weighted by molar-refractivity contribution is 5.81. The first-order valence-corrected chi connectivity index (χ1v) is 3.34. The molecule has 0 saturated heterocycles. The predicted molar refractivity (Wildman–Crippen MR) is 39.0 cm³/mol. The summed E-state index contributed by atoms with van der Waals surface area (Å²) in [6, 6.07) is 0. The van der Waals surface area contributed by atoms with Crippen LogP contribution in [-0.4, -0.2) is 10.9 Å². The third-order valence-electron chi connectivity index (χ3n) is 1.25. The molecule has 0 radical (unpaired) electrons. The Bertz CT molecular complexity index is 97.1. The zero-order valence-corrected chi connectivity index (χ0v) is 6.39. The summed E-state index contributed by atoms with van der Waals surface area (Å²) in [7, 11) is 0. The van der Waals surface area contributed by atoms with E-state index >= 15 is 0 Å². The van der Waals surface area contributed by atoms with Gasteiger partial charge in [0.05, 0.1) is 5.71 Å². The van der Waals surface area contributed by atoms with E-state index < -0.39 is 0 Å². The summed E-state index contributed by atoms with van der Waals surface area (Å²) in [4.78, 5) is 0. The number of hydrogen-bond donors (Lipinski definition) is 1. The summed E-state index contributed by atoms with van der Waals surface area (Å²) in [5.74, 6) is 0.696. The fourth-order valence-electron chi connectivity index (χ4n) is 0.548. The molecular weight excluding hydrogens is 114 g/mol. The van der Waals surface area contributed by atoms with Crippen molar-refractivity contribution in [3.05, 3.63) is 0 Å². The van der Waals surface area contributed by atoms with E-state index in [4.69, 9.17) is 5.21 Å². The minimum Gasteiger partial charge on any atom is -0.411 e. The fraction of sp³-hybridized carbons (Fsp3) is 0.857. The Morgan fingerprint density at radius 1 is 1.56 bits per heavy atom. The summed E-state index contributed by atoms with van der Waals surface area (Å²) in [5.41, 5.74) is 0.823. The summed E-state index contributed by atoms with van der Waals surface area (Å²) in [6.45, 7) is 6.15. The lowest BCUT2D eigenvalue weighted by Crippen LogP contribution is -1.94. The first-order chi connectivity index (χ1) is 4.16. The van der Waals surface area contributed by atoms with Crippen molar-refractivity contribution in [2.75, 3.05) is 0 Å². The molecule has 0 saturated carbocycles. The second-order valence-electron chi connectivity index (χ2n) is 2.77. The molecule has 0 bridgehead atoms. The van der Waals surface area contributed by atoms with E-state index in [1.807, 2.05) is 6.92 Å². The largest absolute Gasteiger partial charge is 0.411 e. The molecule has 0 unspecified atom stereocenters. The molecule has 0 aliphatic rings. The number of nitrogens with zero attached hydrogens (tertiary/aromatic N) is 1. The van der Waals surface area contributed by atoms with Crippen molar-refractivity contribution < 1.29 is 5.21 Å². The van der Waals surface area contributed by atoms with Crippen LogP contribution in [0.2, 0.25) is 0 Å². The Labute approximate surface area is 56.6 Å². The van der Waals surface area contributed by atoms with Crippen molar-refractivity contribution in [1.82, 2.24) is 0 Å². The number of oxime groups is 1. The van der Waals surface area contributed by atoms with Gasteiger partial charge in [0.25, 0.3) is 0 Å². The van der Waals surface area contributed by atoms with E-state index in [2.05, 4.69) is 19.0 Å². The zero-order chi connectivity index (χ0) is 7.28. The highest BCUT2D eigenvalue weighted by atomic mass is 16.4. The van der Waals surface area contributed by atoms with Crippen LogP contribution in [-0.2, 0) is 0 Å². The van der Waals surface area contributed by atoms with Crippen molar-refractivity contribution in [1.29, 1.82) is 0 Å². The molecule has 0 fully saturated rings. The maximum atomic E-state index is 8.24. The first-order valence-electron chi connectivity index (χ1n) is 3.34. The SMILES string of the molecule is C/C(CCC(C)C)=N\O. The van der Waals surface area contributed by atoms with Crippen molar-refractivity contribution in [3.8, 4) is 0 Å². The van der Waals surface area contributed by atoms with E-state index in [0.717, 1.165) is 18.6 Å². The molecule has 1 N–H and O–H groups in total. The second-order valence-corrected chi connectivity index (χ2v) is 2.77. The monoisotopic (exact) mass is 129 g/mol. The predicted octanol–water partition coefficient (Wildman–Crippen LogP) is 2.27. The standard InChI is InChI=1S/C7H15NO/c1-6(2)4-5-7(3)8-9/h6,9H,4-5H2,1-3H3/b8-7+. The molecule has 9 heavy (non-hydrogen) atoms. The van der Waals surface area contributed by atoms with Gasteiger partial charge in [0, 0.05) is 0 Å². The molecule has 0 aliphatic carbocycles. The average Bonchev–Trinajstić information content (AvgIpc) is 1.83. The van der Waals surface area contributed by atoms with E-state index in [-0.39, 0.29) is 0 Å². The normalized spacial score (nSPS) is 12.7. The van der Waals surface area contributed by atoms with Crippen LogP contribution in [0.5, 0.6) is 0 Å². The van der Waals surface area contributed by atoms with Crippen LogP contribution in [0.4, 0.5) is 0 Å². The van der Waals surface area contributed by atoms with Crippen LogP contribution in [0.25, 0.3) is 0 Å². The van der Waals surface area contributed by atoms with Crippen molar-refractivity contribution in [2.45, 2.75) is 33.6 Å². The van der Waals surface area contributed by atoms with Crippen molar-refractivity contribution >= 4 is 5.71 Å². The minimum atomic E-state index is 0.696. The third-order valence-corrected chi connectivity index (χ3v) is 1.25. The van der Waals surface area contributed by atoms with Gasteiger partial charge in [0.2, 0.25) is 0 Å². The van der Waals surface area contributed by atoms with Crippen LogP contribution in [0, 0.1) is 5.92 Å². The maximum absolute atomic E-state index is 8.24. The lowest BCUT2D eigenvalue weighted by Gasteiger charge is -2.00. The van der Waals surface area contributed by atoms with Crippen LogP contribution in [0.15, 0.2) is 5.16 Å². The van der Waals surface area contributed by atoms with Crippen LogP contribution >= 0.6 is 0 Å². The van der Waals surface area contributed by atoms with Gasteiger partial charge in [-0.25, -0.2) is 0 Å². The Morgan fingerprint density at radius 3 is 2.44 bits per heavy atom. The maximum Gasteiger partial charge on any atom is 0.0540 e. The van der Waals surface area contributed by atoms with Crippen molar-refractivity contribution in [3.63, 3.8) is 0 Å². The number of rotatable bonds is 3. The molecule has 0 aromatic rings. The summed E-state index contributed by atoms with van der Waals surface area (Å²) < 4.78 is 0. The van der Waals surface area contributed by atoms with E-state index in [0.29, 0.717) is 5.92 Å². The molecule has 2 nitrogen and oxygen atoms in total. The Hall–Kier alpha value is -0.530. The highest BCUT2D eigenvalue weighted by Gasteiger charge is 1.95. The summed E-state index contributed by atoms with van der Waals surface area (Å²) in [6.07, 6.45) is 2.02. The van der Waals surface area contributed by atoms with Gasteiger partial charge in [-0.1, -0.05) is 19.0 Å². The van der Waals surface area contributed by atoms with Gasteiger partial charge in [-0.05, 0) is 25.7 Å². The third kappa shape index (κ3) is 5.34. The smallest absolute Gasteiger partial charge is 0.0540 e. The number of hydrogen-bond acceptors (Lipinski definition) is 2. The quantitative estimate of drug-likeness (QED) is 0.354. The molecule has 0 aromatic carbocycles. The lowest BCUT2D eigenvalue weighted by molar-refractivity contribution is 0.316. The summed E-state index contributed by atoms with van der Waals surface area (Å²) in [5, 5.41) is 11.3. The van der Waals surface area contributed by atoms with Gasteiger partial charge in [-0.3, -0.25) is 0 Å². The molecule has 0 spiro atoms. The molecule has 0 heterocycles. The van der Waals surface area contributed by atoms with Crippen LogP contribution in [0.3, 0.4) is 0 Å². The molecule has 0 rings (SSSR count). The van der Waals surface area contributed by atoms with Gasteiger partial charge in [-0.15, -0.1) is 0 Å².